The van der Waals surface area contributed by atoms with Crippen molar-refractivity contribution in [2.45, 2.75) is 39.2 Å². The fourth-order valence-corrected chi connectivity index (χ4v) is 1.90. The van der Waals surface area contributed by atoms with Crippen molar-refractivity contribution in [3.8, 4) is 0 Å². The fourth-order valence-electron chi connectivity index (χ4n) is 1.90. The van der Waals surface area contributed by atoms with Crippen molar-refractivity contribution in [2.24, 2.45) is 5.92 Å². The molecule has 0 saturated carbocycles. The number of hydrogen-bond acceptors (Lipinski definition) is 2. The van der Waals surface area contributed by atoms with Crippen LogP contribution in [0.15, 0.2) is 0 Å². The van der Waals surface area contributed by atoms with Gasteiger partial charge in [0.15, 0.2) is 0 Å². The maximum atomic E-state index is 3.55. The lowest BCUT2D eigenvalue weighted by Gasteiger charge is -2.19. The molecule has 0 aliphatic carbocycles. The lowest BCUT2D eigenvalue weighted by atomic mass is 10.1. The largest absolute Gasteiger partial charge is 0.315 e. The van der Waals surface area contributed by atoms with Crippen LogP contribution >= 0.6 is 0 Å². The van der Waals surface area contributed by atoms with Crippen LogP contribution in [0.25, 0.3) is 0 Å². The Balaban J connectivity index is 1.99. The molecule has 2 heteroatoms. The highest BCUT2D eigenvalue weighted by atomic mass is 15.2. The van der Waals surface area contributed by atoms with Gasteiger partial charge < -0.3 is 10.2 Å². The molecule has 0 aromatic carbocycles. The number of nitrogens with zero attached hydrogens (tertiary/aromatic N) is 1. The van der Waals surface area contributed by atoms with Crippen molar-refractivity contribution in [2.75, 3.05) is 26.7 Å². The summed E-state index contributed by atoms with van der Waals surface area (Å²) in [6, 6.07) is 0.798. The Labute approximate surface area is 82.7 Å². The van der Waals surface area contributed by atoms with Gasteiger partial charge in [-0.05, 0) is 45.3 Å². The summed E-state index contributed by atoms with van der Waals surface area (Å²) in [4.78, 5) is 2.47. The maximum absolute atomic E-state index is 3.55. The van der Waals surface area contributed by atoms with E-state index in [4.69, 9.17) is 0 Å². The highest BCUT2D eigenvalue weighted by Gasteiger charge is 2.19. The van der Waals surface area contributed by atoms with E-state index < -0.39 is 0 Å². The van der Waals surface area contributed by atoms with Crippen LogP contribution in [-0.4, -0.2) is 37.6 Å². The normalized spacial score (nSPS) is 24.5. The first kappa shape index (κ1) is 11.0. The average molecular weight is 184 g/mol. The topological polar surface area (TPSA) is 15.3 Å². The Morgan fingerprint density at radius 3 is 2.77 bits per heavy atom. The van der Waals surface area contributed by atoms with Gasteiger partial charge in [-0.1, -0.05) is 13.8 Å². The van der Waals surface area contributed by atoms with Crippen LogP contribution in [0.1, 0.15) is 33.1 Å². The van der Waals surface area contributed by atoms with E-state index in [9.17, 15) is 0 Å². The number of likely N-dealkylation sites (N-methyl/N-ethyl adjacent to an activating group) is 1. The zero-order chi connectivity index (χ0) is 9.68. The molecule has 1 aliphatic heterocycles. The summed E-state index contributed by atoms with van der Waals surface area (Å²) in [5, 5.41) is 3.55. The third kappa shape index (κ3) is 4.10. The predicted octanol–water partition coefficient (Wildman–Crippen LogP) is 1.72. The molecular formula is C11H24N2. The highest BCUT2D eigenvalue weighted by molar-refractivity contribution is 4.77. The van der Waals surface area contributed by atoms with E-state index in [0.29, 0.717) is 0 Å². The van der Waals surface area contributed by atoms with Crippen molar-refractivity contribution in [1.29, 1.82) is 0 Å². The van der Waals surface area contributed by atoms with Gasteiger partial charge in [0, 0.05) is 12.6 Å². The van der Waals surface area contributed by atoms with Crippen LogP contribution < -0.4 is 5.32 Å². The molecule has 0 spiro atoms. The maximum Gasteiger partial charge on any atom is 0.0218 e. The van der Waals surface area contributed by atoms with E-state index in [1.165, 1.54) is 38.9 Å². The van der Waals surface area contributed by atoms with E-state index in [-0.39, 0.29) is 0 Å². The van der Waals surface area contributed by atoms with Crippen molar-refractivity contribution in [1.82, 2.24) is 10.2 Å². The minimum atomic E-state index is 0.798. The molecule has 1 saturated heterocycles. The van der Waals surface area contributed by atoms with Gasteiger partial charge in [0.2, 0.25) is 0 Å². The van der Waals surface area contributed by atoms with Gasteiger partial charge in [0.1, 0.15) is 0 Å². The van der Waals surface area contributed by atoms with E-state index in [0.717, 1.165) is 12.0 Å². The van der Waals surface area contributed by atoms with Crippen LogP contribution in [0.4, 0.5) is 0 Å². The second-order valence-electron chi connectivity index (χ2n) is 4.66. The molecule has 1 heterocycles. The van der Waals surface area contributed by atoms with Crippen LogP contribution in [0.3, 0.4) is 0 Å². The Morgan fingerprint density at radius 1 is 1.46 bits per heavy atom. The lowest BCUT2D eigenvalue weighted by molar-refractivity contribution is 0.299. The second kappa shape index (κ2) is 5.61. The zero-order valence-corrected chi connectivity index (χ0v) is 9.34. The number of hydrogen-bond donors (Lipinski definition) is 1. The minimum absolute atomic E-state index is 0.798. The van der Waals surface area contributed by atoms with Gasteiger partial charge >= 0.3 is 0 Å². The fraction of sp³-hybridized carbons (Fsp3) is 1.00. The Kier molecular flexibility index (Phi) is 4.74. The van der Waals surface area contributed by atoms with Gasteiger partial charge in [0.25, 0.3) is 0 Å². The molecule has 2 nitrogen and oxygen atoms in total. The molecule has 1 N–H and O–H groups in total. The van der Waals surface area contributed by atoms with Gasteiger partial charge in [-0.25, -0.2) is 0 Å². The average Bonchev–Trinajstić information content (AvgIpc) is 2.45. The minimum Gasteiger partial charge on any atom is -0.315 e. The molecule has 0 aromatic heterocycles. The molecule has 1 fully saturated rings. The Hall–Kier alpha value is -0.0800. The third-order valence-electron chi connectivity index (χ3n) is 2.95. The summed E-state index contributed by atoms with van der Waals surface area (Å²) in [6.07, 6.45) is 4.06. The van der Waals surface area contributed by atoms with E-state index in [1.54, 1.807) is 0 Å². The molecular weight excluding hydrogens is 160 g/mol. The lowest BCUT2D eigenvalue weighted by Crippen LogP contribution is -2.35. The SMILES string of the molecule is CC(C)CCNCC1CCCN1C. The molecule has 1 rings (SSSR count). The molecule has 1 unspecified atom stereocenters. The molecule has 0 bridgehead atoms. The summed E-state index contributed by atoms with van der Waals surface area (Å²) in [5.41, 5.74) is 0. The van der Waals surface area contributed by atoms with E-state index >= 15 is 0 Å². The number of nitrogens with one attached hydrogen (secondary N) is 1. The summed E-state index contributed by atoms with van der Waals surface area (Å²) in [6.45, 7) is 8.22. The standard InChI is InChI=1S/C11H24N2/c1-10(2)6-7-12-9-11-5-4-8-13(11)3/h10-12H,4-9H2,1-3H3. The molecule has 1 atom stereocenters. The number of rotatable bonds is 5. The summed E-state index contributed by atoms with van der Waals surface area (Å²) >= 11 is 0. The van der Waals surface area contributed by atoms with Crippen LogP contribution in [0, 0.1) is 5.92 Å². The van der Waals surface area contributed by atoms with Crippen LogP contribution in [-0.2, 0) is 0 Å². The van der Waals surface area contributed by atoms with Crippen molar-refractivity contribution < 1.29 is 0 Å². The molecule has 0 radical (unpaired) electrons. The summed E-state index contributed by atoms with van der Waals surface area (Å²) in [5.74, 6) is 0.828. The van der Waals surface area contributed by atoms with Crippen molar-refractivity contribution >= 4 is 0 Å². The molecule has 78 valence electrons. The predicted molar refractivity (Wildman–Crippen MR) is 58.0 cm³/mol. The smallest absolute Gasteiger partial charge is 0.0218 e. The monoisotopic (exact) mass is 184 g/mol. The number of likely N-dealkylation sites (tertiary alicyclic amines) is 1. The van der Waals surface area contributed by atoms with E-state index in [2.05, 4.69) is 31.1 Å². The van der Waals surface area contributed by atoms with E-state index in [1.807, 2.05) is 0 Å². The first-order chi connectivity index (χ1) is 6.20. The molecule has 0 amide bonds. The third-order valence-corrected chi connectivity index (χ3v) is 2.95. The van der Waals surface area contributed by atoms with Gasteiger partial charge in [0.05, 0.1) is 0 Å². The molecule has 1 aliphatic rings. The summed E-state index contributed by atoms with van der Waals surface area (Å²) in [7, 11) is 2.24. The Bertz CT molecular complexity index is 134. The Morgan fingerprint density at radius 2 is 2.23 bits per heavy atom. The van der Waals surface area contributed by atoms with Crippen molar-refractivity contribution in [3.63, 3.8) is 0 Å². The van der Waals surface area contributed by atoms with Gasteiger partial charge in [-0.2, -0.15) is 0 Å². The van der Waals surface area contributed by atoms with Gasteiger partial charge in [-0.3, -0.25) is 0 Å². The van der Waals surface area contributed by atoms with Crippen LogP contribution in [0.2, 0.25) is 0 Å². The van der Waals surface area contributed by atoms with Crippen molar-refractivity contribution in [3.05, 3.63) is 0 Å². The first-order valence-electron chi connectivity index (χ1n) is 5.61. The zero-order valence-electron chi connectivity index (χ0n) is 9.34. The summed E-state index contributed by atoms with van der Waals surface area (Å²) < 4.78 is 0. The first-order valence-corrected chi connectivity index (χ1v) is 5.61. The molecule has 0 aromatic rings. The quantitative estimate of drug-likeness (QED) is 0.654. The highest BCUT2D eigenvalue weighted by Crippen LogP contribution is 2.13. The molecule has 13 heavy (non-hydrogen) atoms. The van der Waals surface area contributed by atoms with Gasteiger partial charge in [-0.15, -0.1) is 0 Å². The van der Waals surface area contributed by atoms with Crippen LogP contribution in [0.5, 0.6) is 0 Å². The second-order valence-corrected chi connectivity index (χ2v) is 4.66.